The van der Waals surface area contributed by atoms with E-state index in [-0.39, 0.29) is 0 Å². The molecule has 18 heavy (non-hydrogen) atoms. The van der Waals surface area contributed by atoms with E-state index >= 15 is 0 Å². The largest absolute Gasteiger partial charge is 0.354 e. The van der Waals surface area contributed by atoms with Gasteiger partial charge in [-0.15, -0.1) is 5.10 Å². The minimum absolute atomic E-state index is 0.694. The summed E-state index contributed by atoms with van der Waals surface area (Å²) in [5.74, 6) is 1.52. The van der Waals surface area contributed by atoms with E-state index in [1.807, 2.05) is 13.8 Å². The van der Waals surface area contributed by atoms with Crippen LogP contribution in [-0.4, -0.2) is 23.3 Å². The quantitative estimate of drug-likeness (QED) is 0.820. The molecule has 2 rings (SSSR count). The van der Waals surface area contributed by atoms with Crippen molar-refractivity contribution in [2.75, 3.05) is 18.0 Å². The third-order valence-corrected chi connectivity index (χ3v) is 3.83. The van der Waals surface area contributed by atoms with Gasteiger partial charge in [0, 0.05) is 13.1 Å². The molecule has 0 amide bonds. The van der Waals surface area contributed by atoms with Crippen LogP contribution in [0.5, 0.6) is 0 Å². The first-order valence-electron chi connectivity index (χ1n) is 6.66. The molecule has 1 unspecified atom stereocenters. The van der Waals surface area contributed by atoms with Crippen molar-refractivity contribution in [2.24, 2.45) is 5.92 Å². The summed E-state index contributed by atoms with van der Waals surface area (Å²) in [5.41, 5.74) is 2.50. The second kappa shape index (κ2) is 5.34. The van der Waals surface area contributed by atoms with E-state index in [4.69, 9.17) is 0 Å². The van der Waals surface area contributed by atoms with Crippen LogP contribution in [0, 0.1) is 31.1 Å². The number of aryl methyl sites for hydroxylation is 1. The number of nitriles is 1. The lowest BCUT2D eigenvalue weighted by Gasteiger charge is -2.19. The zero-order chi connectivity index (χ0) is 13.1. The van der Waals surface area contributed by atoms with Crippen molar-refractivity contribution in [2.45, 2.75) is 40.0 Å². The van der Waals surface area contributed by atoms with E-state index in [0.29, 0.717) is 5.56 Å². The van der Waals surface area contributed by atoms with Crippen molar-refractivity contribution in [1.29, 1.82) is 5.26 Å². The first-order chi connectivity index (χ1) is 8.67. The summed E-state index contributed by atoms with van der Waals surface area (Å²) < 4.78 is 0. The third-order valence-electron chi connectivity index (χ3n) is 3.83. The molecule has 0 N–H and O–H groups in total. The second-order valence-corrected chi connectivity index (χ2v) is 5.11. The number of anilines is 1. The SMILES string of the molecule is CCCC1CCN(c2nnc(C)c(C)c2C#N)C1. The van der Waals surface area contributed by atoms with E-state index < -0.39 is 0 Å². The van der Waals surface area contributed by atoms with Crippen molar-refractivity contribution in [1.82, 2.24) is 10.2 Å². The van der Waals surface area contributed by atoms with Gasteiger partial charge in [0.05, 0.1) is 5.69 Å². The molecule has 96 valence electrons. The maximum atomic E-state index is 9.31. The number of nitrogens with zero attached hydrogens (tertiary/aromatic N) is 4. The van der Waals surface area contributed by atoms with Gasteiger partial charge >= 0.3 is 0 Å². The van der Waals surface area contributed by atoms with Crippen molar-refractivity contribution < 1.29 is 0 Å². The average molecular weight is 244 g/mol. The van der Waals surface area contributed by atoms with Gasteiger partial charge in [-0.2, -0.15) is 10.4 Å². The Labute approximate surface area is 109 Å². The van der Waals surface area contributed by atoms with E-state index in [0.717, 1.165) is 36.1 Å². The third kappa shape index (κ3) is 2.31. The summed E-state index contributed by atoms with van der Waals surface area (Å²) >= 11 is 0. The van der Waals surface area contributed by atoms with Crippen molar-refractivity contribution in [3.63, 3.8) is 0 Å². The Morgan fingerprint density at radius 1 is 1.39 bits per heavy atom. The molecule has 2 heterocycles. The molecule has 0 radical (unpaired) electrons. The molecule has 0 spiro atoms. The fraction of sp³-hybridized carbons (Fsp3) is 0.643. The first kappa shape index (κ1) is 12.8. The van der Waals surface area contributed by atoms with Gasteiger partial charge < -0.3 is 4.90 Å². The summed E-state index contributed by atoms with van der Waals surface area (Å²) in [5, 5.41) is 17.7. The lowest BCUT2D eigenvalue weighted by atomic mass is 10.0. The molecule has 0 aromatic carbocycles. The van der Waals surface area contributed by atoms with Crippen LogP contribution >= 0.6 is 0 Å². The van der Waals surface area contributed by atoms with E-state index in [1.165, 1.54) is 19.3 Å². The van der Waals surface area contributed by atoms with E-state index in [1.54, 1.807) is 0 Å². The van der Waals surface area contributed by atoms with Crippen LogP contribution in [0.4, 0.5) is 5.82 Å². The Bertz CT molecular complexity index is 475. The molecule has 1 aromatic heterocycles. The standard InChI is InChI=1S/C14H20N4/c1-4-5-12-6-7-18(9-12)14-13(8-15)10(2)11(3)16-17-14/h12H,4-7,9H2,1-3H3. The highest BCUT2D eigenvalue weighted by atomic mass is 15.3. The summed E-state index contributed by atoms with van der Waals surface area (Å²) in [6.07, 6.45) is 3.69. The highest BCUT2D eigenvalue weighted by molar-refractivity contribution is 5.57. The van der Waals surface area contributed by atoms with Crippen LogP contribution in [0.2, 0.25) is 0 Å². The predicted molar refractivity (Wildman–Crippen MR) is 71.4 cm³/mol. The topological polar surface area (TPSA) is 52.8 Å². The molecule has 1 fully saturated rings. The molecule has 1 saturated heterocycles. The highest BCUT2D eigenvalue weighted by Gasteiger charge is 2.26. The Morgan fingerprint density at radius 3 is 2.83 bits per heavy atom. The van der Waals surface area contributed by atoms with Gasteiger partial charge in [-0.25, -0.2) is 0 Å². The lowest BCUT2D eigenvalue weighted by molar-refractivity contribution is 0.529. The number of rotatable bonds is 3. The molecule has 4 nitrogen and oxygen atoms in total. The van der Waals surface area contributed by atoms with Crippen LogP contribution in [0.3, 0.4) is 0 Å². The monoisotopic (exact) mass is 244 g/mol. The summed E-state index contributed by atoms with van der Waals surface area (Å²) in [6, 6.07) is 2.28. The highest BCUT2D eigenvalue weighted by Crippen LogP contribution is 2.28. The number of hydrogen-bond acceptors (Lipinski definition) is 4. The zero-order valence-corrected chi connectivity index (χ0v) is 11.4. The molecular weight excluding hydrogens is 224 g/mol. The molecular formula is C14H20N4. The Hall–Kier alpha value is -1.63. The van der Waals surface area contributed by atoms with Gasteiger partial charge in [0.1, 0.15) is 11.6 Å². The van der Waals surface area contributed by atoms with Gasteiger partial charge in [-0.05, 0) is 38.2 Å². The van der Waals surface area contributed by atoms with E-state index in [9.17, 15) is 5.26 Å². The molecule has 1 atom stereocenters. The normalized spacial score (nSPS) is 19.0. The van der Waals surface area contributed by atoms with Gasteiger partial charge in [0.15, 0.2) is 5.82 Å². The average Bonchev–Trinajstić information content (AvgIpc) is 2.81. The predicted octanol–water partition coefficient (Wildman–Crippen LogP) is 2.59. The van der Waals surface area contributed by atoms with Crippen LogP contribution in [0.25, 0.3) is 0 Å². The Morgan fingerprint density at radius 2 is 2.17 bits per heavy atom. The fourth-order valence-corrected chi connectivity index (χ4v) is 2.62. The molecule has 1 aliphatic heterocycles. The fourth-order valence-electron chi connectivity index (χ4n) is 2.62. The summed E-state index contributed by atoms with van der Waals surface area (Å²) in [4.78, 5) is 2.22. The maximum Gasteiger partial charge on any atom is 0.169 e. The molecule has 0 bridgehead atoms. The minimum atomic E-state index is 0.694. The second-order valence-electron chi connectivity index (χ2n) is 5.11. The summed E-state index contributed by atoms with van der Waals surface area (Å²) in [6.45, 7) is 8.08. The zero-order valence-electron chi connectivity index (χ0n) is 11.4. The lowest BCUT2D eigenvalue weighted by Crippen LogP contribution is -2.23. The van der Waals surface area contributed by atoms with Gasteiger partial charge in [-0.3, -0.25) is 0 Å². The molecule has 0 saturated carbocycles. The minimum Gasteiger partial charge on any atom is -0.354 e. The molecule has 1 aromatic rings. The van der Waals surface area contributed by atoms with Gasteiger partial charge in [0.25, 0.3) is 0 Å². The summed E-state index contributed by atoms with van der Waals surface area (Å²) in [7, 11) is 0. The van der Waals surface area contributed by atoms with Crippen LogP contribution in [0.15, 0.2) is 0 Å². The van der Waals surface area contributed by atoms with Crippen LogP contribution in [0.1, 0.15) is 43.0 Å². The first-order valence-corrected chi connectivity index (χ1v) is 6.66. The van der Waals surface area contributed by atoms with Crippen molar-refractivity contribution in [3.8, 4) is 6.07 Å². The van der Waals surface area contributed by atoms with Crippen LogP contribution in [-0.2, 0) is 0 Å². The molecule has 1 aliphatic rings. The Kier molecular flexibility index (Phi) is 3.81. The van der Waals surface area contributed by atoms with Gasteiger partial charge in [-0.1, -0.05) is 13.3 Å². The van der Waals surface area contributed by atoms with Crippen molar-refractivity contribution >= 4 is 5.82 Å². The van der Waals surface area contributed by atoms with Gasteiger partial charge in [0.2, 0.25) is 0 Å². The van der Waals surface area contributed by atoms with Crippen molar-refractivity contribution in [3.05, 3.63) is 16.8 Å². The maximum absolute atomic E-state index is 9.31. The number of aromatic nitrogens is 2. The smallest absolute Gasteiger partial charge is 0.169 e. The molecule has 4 heteroatoms. The molecule has 0 aliphatic carbocycles. The van der Waals surface area contributed by atoms with E-state index in [2.05, 4.69) is 28.1 Å². The number of hydrogen-bond donors (Lipinski definition) is 0. The Balaban J connectivity index is 2.25. The van der Waals surface area contributed by atoms with Crippen LogP contribution < -0.4 is 4.90 Å².